The molecule has 0 bridgehead atoms. The molecule has 0 aliphatic rings. The summed E-state index contributed by atoms with van der Waals surface area (Å²) in [4.78, 5) is 19.7. The van der Waals surface area contributed by atoms with Crippen LogP contribution in [0, 0.1) is 0 Å². The van der Waals surface area contributed by atoms with E-state index in [0.29, 0.717) is 24.5 Å². The fourth-order valence-electron chi connectivity index (χ4n) is 1.52. The Balaban J connectivity index is 1.82. The Labute approximate surface area is 110 Å². The molecule has 0 saturated heterocycles. The van der Waals surface area contributed by atoms with Gasteiger partial charge in [0.15, 0.2) is 5.82 Å². The second-order valence-corrected chi connectivity index (χ2v) is 3.82. The Morgan fingerprint density at radius 3 is 2.89 bits per heavy atom. The lowest BCUT2D eigenvalue weighted by Gasteiger charge is -2.05. The maximum Gasteiger partial charge on any atom is 0.269 e. The van der Waals surface area contributed by atoms with Crippen molar-refractivity contribution in [1.82, 2.24) is 20.4 Å². The van der Waals surface area contributed by atoms with Gasteiger partial charge in [-0.1, -0.05) is 5.16 Å². The van der Waals surface area contributed by atoms with Crippen molar-refractivity contribution in [2.45, 2.75) is 13.3 Å². The lowest BCUT2D eigenvalue weighted by atomic mass is 10.3. The molecular formula is C12H15N5O2. The Morgan fingerprint density at radius 1 is 1.37 bits per heavy atom. The van der Waals surface area contributed by atoms with Crippen LogP contribution in [-0.4, -0.2) is 34.1 Å². The van der Waals surface area contributed by atoms with Gasteiger partial charge >= 0.3 is 0 Å². The molecule has 2 heterocycles. The molecule has 7 nitrogen and oxygen atoms in total. The number of carbonyl (C=O) groups is 1. The zero-order chi connectivity index (χ0) is 13.5. The van der Waals surface area contributed by atoms with Crippen LogP contribution in [0.4, 0.5) is 5.69 Å². The number of aromatic nitrogens is 3. The van der Waals surface area contributed by atoms with Crippen molar-refractivity contribution in [3.63, 3.8) is 0 Å². The first-order chi connectivity index (χ1) is 9.29. The molecule has 1 amide bonds. The van der Waals surface area contributed by atoms with Crippen molar-refractivity contribution < 1.29 is 9.32 Å². The normalized spacial score (nSPS) is 10.2. The number of hydrogen-bond acceptors (Lipinski definition) is 6. The predicted octanol–water partition coefficient (Wildman–Crippen LogP) is 0.869. The van der Waals surface area contributed by atoms with E-state index in [0.717, 1.165) is 12.2 Å². The first-order valence-corrected chi connectivity index (χ1v) is 6.03. The minimum atomic E-state index is -0.216. The van der Waals surface area contributed by atoms with E-state index in [2.05, 4.69) is 30.3 Å². The number of amides is 1. The summed E-state index contributed by atoms with van der Waals surface area (Å²) in [6.07, 6.45) is 3.42. The highest BCUT2D eigenvalue weighted by Crippen LogP contribution is 2.05. The standard InChI is InChI=1S/C12H15N5O2/c1-2-13-9-3-4-10(15-7-9)12(18)14-6-5-11-16-8-19-17-11/h3-4,7-8,13H,2,5-6H2,1H3,(H,14,18). The van der Waals surface area contributed by atoms with Crippen molar-refractivity contribution >= 4 is 11.6 Å². The van der Waals surface area contributed by atoms with Crippen molar-refractivity contribution in [2.75, 3.05) is 18.4 Å². The summed E-state index contributed by atoms with van der Waals surface area (Å²) >= 11 is 0. The summed E-state index contributed by atoms with van der Waals surface area (Å²) < 4.78 is 4.60. The number of carbonyl (C=O) groups excluding carboxylic acids is 1. The number of anilines is 1. The Hall–Kier alpha value is -2.44. The number of pyridine rings is 1. The number of hydrogen-bond donors (Lipinski definition) is 2. The first kappa shape index (κ1) is 13.0. The Morgan fingerprint density at radius 2 is 2.26 bits per heavy atom. The summed E-state index contributed by atoms with van der Waals surface area (Å²) in [5.41, 5.74) is 1.28. The van der Waals surface area contributed by atoms with Crippen LogP contribution in [-0.2, 0) is 6.42 Å². The van der Waals surface area contributed by atoms with Gasteiger partial charge in [0.25, 0.3) is 5.91 Å². The molecular weight excluding hydrogens is 246 g/mol. The highest BCUT2D eigenvalue weighted by Gasteiger charge is 2.07. The van der Waals surface area contributed by atoms with E-state index in [1.807, 2.05) is 13.0 Å². The highest BCUT2D eigenvalue weighted by molar-refractivity contribution is 5.92. The second-order valence-electron chi connectivity index (χ2n) is 3.82. The minimum absolute atomic E-state index is 0.216. The van der Waals surface area contributed by atoms with Gasteiger partial charge in [-0.3, -0.25) is 4.79 Å². The third-order valence-corrected chi connectivity index (χ3v) is 2.42. The van der Waals surface area contributed by atoms with Crippen molar-refractivity contribution in [2.24, 2.45) is 0 Å². The predicted molar refractivity (Wildman–Crippen MR) is 68.7 cm³/mol. The lowest BCUT2D eigenvalue weighted by molar-refractivity contribution is 0.0949. The van der Waals surface area contributed by atoms with Crippen molar-refractivity contribution in [3.8, 4) is 0 Å². The van der Waals surface area contributed by atoms with Crippen LogP contribution in [0.15, 0.2) is 29.2 Å². The zero-order valence-electron chi connectivity index (χ0n) is 10.6. The van der Waals surface area contributed by atoms with Crippen LogP contribution in [0.25, 0.3) is 0 Å². The molecule has 0 aliphatic carbocycles. The van der Waals surface area contributed by atoms with Gasteiger partial charge in [0.2, 0.25) is 6.39 Å². The van der Waals surface area contributed by atoms with Crippen molar-refractivity contribution in [3.05, 3.63) is 36.2 Å². The van der Waals surface area contributed by atoms with Crippen molar-refractivity contribution in [1.29, 1.82) is 0 Å². The summed E-state index contributed by atoms with van der Waals surface area (Å²) in [5, 5.41) is 9.52. The number of rotatable bonds is 6. The molecule has 2 rings (SSSR count). The van der Waals surface area contributed by atoms with Gasteiger partial charge in [0.1, 0.15) is 5.69 Å². The topological polar surface area (TPSA) is 92.9 Å². The van der Waals surface area contributed by atoms with Gasteiger partial charge in [0, 0.05) is 19.5 Å². The van der Waals surface area contributed by atoms with Crippen LogP contribution < -0.4 is 10.6 Å². The molecule has 0 fully saturated rings. The van der Waals surface area contributed by atoms with Crippen LogP contribution in [0.5, 0.6) is 0 Å². The van der Waals surface area contributed by atoms with E-state index in [-0.39, 0.29) is 5.91 Å². The molecule has 0 atom stereocenters. The molecule has 2 N–H and O–H groups in total. The quantitative estimate of drug-likeness (QED) is 0.801. The summed E-state index contributed by atoms with van der Waals surface area (Å²) in [5.74, 6) is 0.349. The van der Waals surface area contributed by atoms with Gasteiger partial charge < -0.3 is 15.2 Å². The van der Waals surface area contributed by atoms with E-state index in [4.69, 9.17) is 0 Å². The van der Waals surface area contributed by atoms with Gasteiger partial charge in [-0.2, -0.15) is 4.98 Å². The smallest absolute Gasteiger partial charge is 0.269 e. The van der Waals surface area contributed by atoms with E-state index in [9.17, 15) is 4.79 Å². The highest BCUT2D eigenvalue weighted by atomic mass is 16.5. The molecule has 100 valence electrons. The molecule has 2 aromatic heterocycles. The van der Waals surface area contributed by atoms with Gasteiger partial charge in [0.05, 0.1) is 11.9 Å². The van der Waals surface area contributed by atoms with E-state index >= 15 is 0 Å². The molecule has 0 saturated carbocycles. The van der Waals surface area contributed by atoms with Crippen LogP contribution in [0.1, 0.15) is 23.2 Å². The van der Waals surface area contributed by atoms with E-state index in [1.54, 1.807) is 12.3 Å². The van der Waals surface area contributed by atoms with Crippen LogP contribution in [0.2, 0.25) is 0 Å². The zero-order valence-corrected chi connectivity index (χ0v) is 10.6. The minimum Gasteiger partial charge on any atom is -0.384 e. The summed E-state index contributed by atoms with van der Waals surface area (Å²) in [7, 11) is 0. The SMILES string of the molecule is CCNc1ccc(C(=O)NCCc2ncon2)nc1. The van der Waals surface area contributed by atoms with Crippen LogP contribution >= 0.6 is 0 Å². The third-order valence-electron chi connectivity index (χ3n) is 2.42. The molecule has 0 radical (unpaired) electrons. The summed E-state index contributed by atoms with van der Waals surface area (Å²) in [6.45, 7) is 3.26. The molecule has 2 aromatic rings. The fourth-order valence-corrected chi connectivity index (χ4v) is 1.52. The number of nitrogens with one attached hydrogen (secondary N) is 2. The second kappa shape index (κ2) is 6.48. The number of nitrogens with zero attached hydrogens (tertiary/aromatic N) is 3. The lowest BCUT2D eigenvalue weighted by Crippen LogP contribution is -2.26. The molecule has 0 aliphatic heterocycles. The largest absolute Gasteiger partial charge is 0.384 e. The van der Waals surface area contributed by atoms with Gasteiger partial charge in [-0.15, -0.1) is 0 Å². The molecule has 0 unspecified atom stereocenters. The monoisotopic (exact) mass is 261 g/mol. The van der Waals surface area contributed by atoms with Gasteiger partial charge in [-0.05, 0) is 19.1 Å². The molecule has 0 spiro atoms. The first-order valence-electron chi connectivity index (χ1n) is 6.03. The molecule has 19 heavy (non-hydrogen) atoms. The van der Waals surface area contributed by atoms with E-state index < -0.39 is 0 Å². The summed E-state index contributed by atoms with van der Waals surface area (Å²) in [6, 6.07) is 3.51. The van der Waals surface area contributed by atoms with E-state index in [1.165, 1.54) is 6.39 Å². The average Bonchev–Trinajstić information content (AvgIpc) is 2.93. The van der Waals surface area contributed by atoms with Crippen LogP contribution in [0.3, 0.4) is 0 Å². The molecule has 0 aromatic carbocycles. The maximum absolute atomic E-state index is 11.8. The maximum atomic E-state index is 11.8. The Bertz CT molecular complexity index is 509. The van der Waals surface area contributed by atoms with Gasteiger partial charge in [-0.25, -0.2) is 4.98 Å². The molecule has 7 heteroatoms. The Kier molecular flexibility index (Phi) is 4.44. The third kappa shape index (κ3) is 3.77. The average molecular weight is 261 g/mol. The fraction of sp³-hybridized carbons (Fsp3) is 0.333.